The van der Waals surface area contributed by atoms with E-state index in [0.29, 0.717) is 24.4 Å². The lowest BCUT2D eigenvalue weighted by molar-refractivity contribution is -0.127. The summed E-state index contributed by atoms with van der Waals surface area (Å²) in [5.74, 6) is -0.136. The van der Waals surface area contributed by atoms with Crippen molar-refractivity contribution in [2.75, 3.05) is 40.3 Å². The summed E-state index contributed by atoms with van der Waals surface area (Å²) in [6, 6.07) is 4.71. The van der Waals surface area contributed by atoms with Crippen LogP contribution in [-0.2, 0) is 14.8 Å². The second-order valence-electron chi connectivity index (χ2n) is 7.58. The van der Waals surface area contributed by atoms with E-state index in [1.54, 1.807) is 12.1 Å². The van der Waals surface area contributed by atoms with E-state index in [1.807, 2.05) is 0 Å². The van der Waals surface area contributed by atoms with Crippen molar-refractivity contribution in [2.45, 2.75) is 36.6 Å². The number of ether oxygens (including phenoxy) is 1. The average molecular weight is 430 g/mol. The molecular weight excluding hydrogens is 402 g/mol. The maximum Gasteiger partial charge on any atom is 0.246 e. The summed E-state index contributed by atoms with van der Waals surface area (Å²) >= 11 is 6.01. The average Bonchev–Trinajstić information content (AvgIpc) is 2.69. The molecule has 0 saturated carbocycles. The fourth-order valence-electron chi connectivity index (χ4n) is 3.84. The van der Waals surface area contributed by atoms with Crippen LogP contribution in [0.5, 0.6) is 5.75 Å². The molecule has 2 saturated heterocycles. The number of likely N-dealkylation sites (tertiary alicyclic amines) is 1. The zero-order valence-electron chi connectivity index (χ0n) is 16.4. The number of hydrogen-bond acceptors (Lipinski definition) is 5. The van der Waals surface area contributed by atoms with Gasteiger partial charge in [-0.3, -0.25) is 4.79 Å². The summed E-state index contributed by atoms with van der Waals surface area (Å²) in [5, 5.41) is 3.45. The lowest BCUT2D eigenvalue weighted by Gasteiger charge is -2.34. The number of carbonyl (C=O) groups is 1. The van der Waals surface area contributed by atoms with Crippen molar-refractivity contribution in [2.24, 2.45) is 5.92 Å². The summed E-state index contributed by atoms with van der Waals surface area (Å²) in [4.78, 5) is 15.0. The highest BCUT2D eigenvalue weighted by Crippen LogP contribution is 2.32. The number of hydrogen-bond donors (Lipinski definition) is 1. The molecule has 0 aliphatic carbocycles. The highest BCUT2D eigenvalue weighted by atomic mass is 35.5. The molecule has 7 nitrogen and oxygen atoms in total. The topological polar surface area (TPSA) is 79.0 Å². The number of amides is 1. The number of methoxy groups -OCH3 is 1. The third-order valence-electron chi connectivity index (χ3n) is 5.56. The van der Waals surface area contributed by atoms with Gasteiger partial charge in [0.25, 0.3) is 0 Å². The van der Waals surface area contributed by atoms with Gasteiger partial charge in [0.05, 0.1) is 13.0 Å². The standard InChI is InChI=1S/C19H28ClN3O4S/c1-22-10-7-16(8-11-22)21-19(24)14-4-3-9-23(13-14)28(25,26)18-12-15(20)5-6-17(18)27-2/h5-6,12,14,16H,3-4,7-11,13H2,1-2H3,(H,21,24)/t14-/m1/s1. The summed E-state index contributed by atoms with van der Waals surface area (Å²) in [6.45, 7) is 2.49. The van der Waals surface area contributed by atoms with Crippen molar-refractivity contribution >= 4 is 27.5 Å². The minimum absolute atomic E-state index is 0.0406. The first-order chi connectivity index (χ1) is 13.3. The van der Waals surface area contributed by atoms with E-state index in [2.05, 4.69) is 17.3 Å². The Morgan fingerprint density at radius 3 is 2.61 bits per heavy atom. The van der Waals surface area contributed by atoms with Crippen molar-refractivity contribution in [1.82, 2.24) is 14.5 Å². The second-order valence-corrected chi connectivity index (χ2v) is 9.93. The largest absolute Gasteiger partial charge is 0.495 e. The second kappa shape index (κ2) is 8.98. The van der Waals surface area contributed by atoms with Gasteiger partial charge in [-0.15, -0.1) is 0 Å². The van der Waals surface area contributed by atoms with Crippen LogP contribution in [0.25, 0.3) is 0 Å². The van der Waals surface area contributed by atoms with E-state index < -0.39 is 10.0 Å². The Labute approximate surface area is 172 Å². The summed E-state index contributed by atoms with van der Waals surface area (Å²) in [7, 11) is -0.295. The van der Waals surface area contributed by atoms with Crippen molar-refractivity contribution in [3.63, 3.8) is 0 Å². The molecule has 2 heterocycles. The molecule has 1 N–H and O–H groups in total. The number of benzene rings is 1. The number of halogens is 1. The fraction of sp³-hybridized carbons (Fsp3) is 0.632. The van der Waals surface area contributed by atoms with Gasteiger partial charge < -0.3 is 15.0 Å². The monoisotopic (exact) mass is 429 g/mol. The van der Waals surface area contributed by atoms with E-state index in [9.17, 15) is 13.2 Å². The molecule has 0 spiro atoms. The van der Waals surface area contributed by atoms with E-state index in [0.717, 1.165) is 25.9 Å². The van der Waals surface area contributed by atoms with Crippen molar-refractivity contribution in [1.29, 1.82) is 0 Å². The smallest absolute Gasteiger partial charge is 0.246 e. The number of sulfonamides is 1. The highest BCUT2D eigenvalue weighted by Gasteiger charge is 2.35. The predicted octanol–water partition coefficient (Wildman–Crippen LogP) is 1.96. The SMILES string of the molecule is COc1ccc(Cl)cc1S(=O)(=O)N1CCC[C@@H](C(=O)NC2CCN(C)CC2)C1. The first-order valence-corrected chi connectivity index (χ1v) is 11.5. The van der Waals surface area contributed by atoms with Gasteiger partial charge in [0.1, 0.15) is 10.6 Å². The Bertz CT molecular complexity index is 809. The molecule has 156 valence electrons. The van der Waals surface area contributed by atoms with Crippen LogP contribution in [0.1, 0.15) is 25.7 Å². The number of piperidine rings is 2. The molecule has 1 atom stereocenters. The van der Waals surface area contributed by atoms with Crippen LogP contribution in [0.15, 0.2) is 23.1 Å². The Hall–Kier alpha value is -1.35. The number of carbonyl (C=O) groups excluding carboxylic acids is 1. The molecule has 0 radical (unpaired) electrons. The van der Waals surface area contributed by atoms with Crippen LogP contribution in [0.4, 0.5) is 0 Å². The molecular formula is C19H28ClN3O4S. The Morgan fingerprint density at radius 1 is 1.21 bits per heavy atom. The van der Waals surface area contributed by atoms with E-state index in [4.69, 9.17) is 16.3 Å². The molecule has 2 aliphatic rings. The van der Waals surface area contributed by atoms with E-state index in [-0.39, 0.29) is 35.1 Å². The van der Waals surface area contributed by atoms with Crippen LogP contribution in [0.3, 0.4) is 0 Å². The molecule has 2 fully saturated rings. The first kappa shape index (κ1) is 21.4. The van der Waals surface area contributed by atoms with E-state index >= 15 is 0 Å². The molecule has 0 unspecified atom stereocenters. The van der Waals surface area contributed by atoms with Gasteiger partial charge >= 0.3 is 0 Å². The normalized spacial score (nSPS) is 22.8. The highest BCUT2D eigenvalue weighted by molar-refractivity contribution is 7.89. The third kappa shape index (κ3) is 4.79. The van der Waals surface area contributed by atoms with Crippen molar-refractivity contribution in [3.8, 4) is 5.75 Å². The molecule has 0 bridgehead atoms. The number of nitrogens with one attached hydrogen (secondary N) is 1. The van der Waals surface area contributed by atoms with E-state index in [1.165, 1.54) is 17.5 Å². The van der Waals surface area contributed by atoms with Crippen LogP contribution >= 0.6 is 11.6 Å². The van der Waals surface area contributed by atoms with Gasteiger partial charge in [-0.2, -0.15) is 4.31 Å². The molecule has 1 aromatic rings. The van der Waals surface area contributed by atoms with Crippen LogP contribution < -0.4 is 10.1 Å². The number of rotatable bonds is 5. The quantitative estimate of drug-likeness (QED) is 0.774. The molecule has 1 aromatic carbocycles. The van der Waals surface area contributed by atoms with Gasteiger partial charge in [-0.1, -0.05) is 11.6 Å². The molecule has 28 heavy (non-hydrogen) atoms. The Kier molecular flexibility index (Phi) is 6.85. The van der Waals surface area contributed by atoms with Gasteiger partial charge in [0.2, 0.25) is 15.9 Å². The maximum absolute atomic E-state index is 13.2. The van der Waals surface area contributed by atoms with Crippen molar-refractivity contribution < 1.29 is 17.9 Å². The number of nitrogens with zero attached hydrogens (tertiary/aromatic N) is 2. The zero-order chi connectivity index (χ0) is 20.3. The summed E-state index contributed by atoms with van der Waals surface area (Å²) in [6.07, 6.45) is 3.19. The van der Waals surface area contributed by atoms with Gasteiger partial charge in [0.15, 0.2) is 0 Å². The molecule has 9 heteroatoms. The fourth-order valence-corrected chi connectivity index (χ4v) is 5.78. The third-order valence-corrected chi connectivity index (χ3v) is 7.68. The minimum atomic E-state index is -3.80. The Balaban J connectivity index is 1.70. The van der Waals surface area contributed by atoms with Gasteiger partial charge in [-0.05, 0) is 64.0 Å². The van der Waals surface area contributed by atoms with Crippen LogP contribution in [-0.4, -0.2) is 69.9 Å². The Morgan fingerprint density at radius 2 is 1.93 bits per heavy atom. The summed E-state index contributed by atoms with van der Waals surface area (Å²) in [5.41, 5.74) is 0. The zero-order valence-corrected chi connectivity index (χ0v) is 17.9. The van der Waals surface area contributed by atoms with Crippen LogP contribution in [0, 0.1) is 5.92 Å². The lowest BCUT2D eigenvalue weighted by atomic mass is 9.97. The molecule has 2 aliphatic heterocycles. The molecule has 0 aromatic heterocycles. The lowest BCUT2D eigenvalue weighted by Crippen LogP contribution is -2.49. The van der Waals surface area contributed by atoms with Gasteiger partial charge in [-0.25, -0.2) is 8.42 Å². The van der Waals surface area contributed by atoms with Crippen molar-refractivity contribution in [3.05, 3.63) is 23.2 Å². The minimum Gasteiger partial charge on any atom is -0.495 e. The predicted molar refractivity (Wildman–Crippen MR) is 108 cm³/mol. The first-order valence-electron chi connectivity index (χ1n) is 9.64. The maximum atomic E-state index is 13.2. The summed E-state index contributed by atoms with van der Waals surface area (Å²) < 4.78 is 32.9. The van der Waals surface area contributed by atoms with Gasteiger partial charge in [0, 0.05) is 24.2 Å². The molecule has 3 rings (SSSR count). The van der Waals surface area contributed by atoms with Crippen LogP contribution in [0.2, 0.25) is 5.02 Å². The molecule has 1 amide bonds.